The average molecular weight is 487 g/mol. The largest absolute Gasteiger partial charge is 0.345 e. The Kier molecular flexibility index (Phi) is 5.99. The molecule has 0 aliphatic heterocycles. The first-order valence-corrected chi connectivity index (χ1v) is 10.9. The van der Waals surface area contributed by atoms with Crippen LogP contribution in [0.1, 0.15) is 55.0 Å². The first-order chi connectivity index (χ1) is 17.5. The van der Waals surface area contributed by atoms with Crippen LogP contribution >= 0.6 is 0 Å². The minimum atomic E-state index is -0.663. The molecule has 0 amide bonds. The first kappa shape index (κ1) is 22.9. The fourth-order valence-corrected chi connectivity index (χ4v) is 3.59. The van der Waals surface area contributed by atoms with E-state index in [4.69, 9.17) is 1.37 Å². The third kappa shape index (κ3) is 5.12. The van der Waals surface area contributed by atoms with Gasteiger partial charge >= 0.3 is 0 Å². The number of carbonyl (C=O) groups is 1. The predicted molar refractivity (Wildman–Crippen MR) is 134 cm³/mol. The number of imidazole rings is 1. The normalized spacial score (nSPS) is 13.3. The summed E-state index contributed by atoms with van der Waals surface area (Å²) in [5, 5.41) is 10.6. The molecule has 4 aromatic rings. The highest BCUT2D eigenvalue weighted by molar-refractivity contribution is 6.09. The fourth-order valence-electron chi connectivity index (χ4n) is 3.59. The van der Waals surface area contributed by atoms with Gasteiger partial charge in [0.2, 0.25) is 0 Å². The molecule has 0 spiro atoms. The predicted octanol–water partition coefficient (Wildman–Crippen LogP) is 1.88. The molecule has 2 aromatic carbocycles. The molecule has 36 heavy (non-hydrogen) atoms. The number of ketones is 1. The number of nitro benzene ring substituents is 1. The third-order valence-corrected chi connectivity index (χ3v) is 5.36. The van der Waals surface area contributed by atoms with Crippen molar-refractivity contribution < 1.29 is 11.1 Å². The van der Waals surface area contributed by atoms with Gasteiger partial charge in [0.15, 0.2) is 5.78 Å². The number of carbonyl (C=O) groups excluding carboxylic acids is 1. The van der Waals surface area contributed by atoms with Crippen LogP contribution in [-0.2, 0) is 5.41 Å². The number of benzene rings is 2. The second-order valence-corrected chi connectivity index (χ2v) is 9.10. The Hall–Kier alpha value is -4.86. The molecule has 0 atom stereocenters. The zero-order valence-corrected chi connectivity index (χ0v) is 19.7. The number of rotatable bonds is 5. The highest BCUT2D eigenvalue weighted by Crippen LogP contribution is 2.22. The lowest BCUT2D eigenvalue weighted by molar-refractivity contribution is -0.384. The van der Waals surface area contributed by atoms with Crippen LogP contribution in [0.2, 0.25) is 0 Å². The molecule has 10 nitrogen and oxygen atoms in total. The Bertz CT molecular complexity index is 1760. The van der Waals surface area contributed by atoms with Gasteiger partial charge in [-0.15, -0.1) is 0 Å². The van der Waals surface area contributed by atoms with E-state index in [1.807, 2.05) is 20.8 Å². The second-order valence-electron chi connectivity index (χ2n) is 9.10. The van der Waals surface area contributed by atoms with E-state index in [0.29, 0.717) is 22.5 Å². The number of nitrogens with zero attached hydrogens (tertiary/aromatic N) is 2. The van der Waals surface area contributed by atoms with E-state index in [9.17, 15) is 24.5 Å². The summed E-state index contributed by atoms with van der Waals surface area (Å²) in [5.74, 6) is -0.356. The number of aromatic nitrogens is 4. The van der Waals surface area contributed by atoms with Crippen molar-refractivity contribution in [3.8, 4) is 0 Å². The molecule has 182 valence electrons. The van der Waals surface area contributed by atoms with Crippen molar-refractivity contribution in [1.82, 2.24) is 19.9 Å². The summed E-state index contributed by atoms with van der Waals surface area (Å²) in [7, 11) is 0. The van der Waals surface area contributed by atoms with E-state index < -0.39 is 16.0 Å². The lowest BCUT2D eigenvalue weighted by atomic mass is 9.90. The van der Waals surface area contributed by atoms with E-state index in [1.54, 1.807) is 18.2 Å². The monoisotopic (exact) mass is 486 g/mol. The first-order valence-electron chi connectivity index (χ1n) is 11.4. The number of non-ortho nitro benzene ring substituents is 1. The van der Waals surface area contributed by atoms with Crippen LogP contribution < -0.4 is 21.8 Å². The molecule has 0 aliphatic rings. The summed E-state index contributed by atoms with van der Waals surface area (Å²) >= 11 is 0. The van der Waals surface area contributed by atoms with Gasteiger partial charge in [-0.1, -0.05) is 39.0 Å². The van der Waals surface area contributed by atoms with E-state index in [2.05, 4.69) is 19.9 Å². The minimum absolute atomic E-state index is 0.0536. The molecule has 0 bridgehead atoms. The summed E-state index contributed by atoms with van der Waals surface area (Å²) in [6.45, 7) is 5.77. The molecule has 0 radical (unpaired) electrons. The maximum Gasteiger partial charge on any atom is 0.272 e. The van der Waals surface area contributed by atoms with Crippen LogP contribution in [-0.4, -0.2) is 30.6 Å². The molecule has 10 heteroatoms. The standard InChI is InChI=1S/C26H23N5O5/c1-26(2,3)23-19(27-14-28-23)13-21-25(34)29-20(24(33)30-21)12-15-5-4-6-17(11-15)22(32)16-7-9-18(10-8-16)31(35)36/h4-14H,1-3H3,(H,27,28)(H,29,34)(H,30,33)/b20-12-,21-13-/i13D. The zero-order chi connectivity index (χ0) is 26.9. The molecular weight excluding hydrogens is 462 g/mol. The van der Waals surface area contributed by atoms with Crippen molar-refractivity contribution in [3.63, 3.8) is 0 Å². The van der Waals surface area contributed by atoms with Crippen molar-refractivity contribution >= 4 is 23.6 Å². The fraction of sp³-hybridized carbons (Fsp3) is 0.154. The molecule has 0 fully saturated rings. The van der Waals surface area contributed by atoms with Gasteiger partial charge in [-0.2, -0.15) is 0 Å². The number of nitrogens with one attached hydrogen (secondary N) is 3. The molecule has 0 aliphatic carbocycles. The lowest BCUT2D eigenvalue weighted by Crippen LogP contribution is -2.46. The van der Waals surface area contributed by atoms with Crippen molar-refractivity contribution in [1.29, 1.82) is 0 Å². The Morgan fingerprint density at radius 2 is 1.69 bits per heavy atom. The van der Waals surface area contributed by atoms with Crippen molar-refractivity contribution in [2.24, 2.45) is 0 Å². The molecular formula is C26H23N5O5. The number of H-pyrrole nitrogens is 3. The molecule has 2 aromatic heterocycles. The summed E-state index contributed by atoms with van der Waals surface area (Å²) in [6.07, 6.45) is 2.85. The number of nitro groups is 1. The summed E-state index contributed by atoms with van der Waals surface area (Å²) < 4.78 is 8.48. The Morgan fingerprint density at radius 3 is 2.36 bits per heavy atom. The van der Waals surface area contributed by atoms with E-state index in [0.717, 1.165) is 0 Å². The molecule has 0 saturated heterocycles. The van der Waals surface area contributed by atoms with Gasteiger partial charge in [0.1, 0.15) is 10.7 Å². The Balaban J connectivity index is 1.73. The molecule has 0 saturated carbocycles. The summed E-state index contributed by atoms with van der Waals surface area (Å²) in [6, 6.07) is 11.4. The quantitative estimate of drug-likeness (QED) is 0.222. The smallest absolute Gasteiger partial charge is 0.272 e. The maximum atomic E-state index is 12.8. The average Bonchev–Trinajstić information content (AvgIpc) is 3.36. The van der Waals surface area contributed by atoms with Crippen molar-refractivity contribution in [2.45, 2.75) is 26.2 Å². The van der Waals surface area contributed by atoms with Gasteiger partial charge < -0.3 is 15.0 Å². The minimum Gasteiger partial charge on any atom is -0.345 e. The van der Waals surface area contributed by atoms with E-state index in [-0.39, 0.29) is 39.2 Å². The number of hydrogen-bond acceptors (Lipinski definition) is 6. The van der Waals surface area contributed by atoms with Crippen LogP contribution in [0.5, 0.6) is 0 Å². The Morgan fingerprint density at radius 1 is 1.03 bits per heavy atom. The molecule has 3 N–H and O–H groups in total. The van der Waals surface area contributed by atoms with Crippen molar-refractivity contribution in [2.75, 3.05) is 0 Å². The van der Waals surface area contributed by atoms with Crippen molar-refractivity contribution in [3.05, 3.63) is 124 Å². The van der Waals surface area contributed by atoms with Gasteiger partial charge in [0, 0.05) is 28.7 Å². The summed E-state index contributed by atoms with van der Waals surface area (Å²) in [4.78, 5) is 60.8. The van der Waals surface area contributed by atoms with Gasteiger partial charge in [0.05, 0.1) is 24.0 Å². The second kappa shape index (κ2) is 9.41. The Labute approximate surface area is 205 Å². The zero-order valence-electron chi connectivity index (χ0n) is 20.7. The third-order valence-electron chi connectivity index (χ3n) is 5.36. The van der Waals surface area contributed by atoms with Crippen LogP contribution in [0, 0.1) is 10.1 Å². The molecule has 0 unspecified atom stereocenters. The molecule has 4 rings (SSSR count). The summed E-state index contributed by atoms with van der Waals surface area (Å²) in [5.41, 5.74) is 0.163. The van der Waals surface area contributed by atoms with Crippen LogP contribution in [0.25, 0.3) is 12.1 Å². The van der Waals surface area contributed by atoms with Crippen LogP contribution in [0.15, 0.2) is 64.4 Å². The maximum absolute atomic E-state index is 12.8. The molecule has 2 heterocycles. The highest BCUT2D eigenvalue weighted by atomic mass is 16.6. The number of aromatic amines is 3. The number of hydrogen-bond donors (Lipinski definition) is 3. The van der Waals surface area contributed by atoms with Gasteiger partial charge in [0.25, 0.3) is 16.8 Å². The van der Waals surface area contributed by atoms with Gasteiger partial charge in [-0.3, -0.25) is 24.5 Å². The van der Waals surface area contributed by atoms with Crippen LogP contribution in [0.4, 0.5) is 5.69 Å². The van der Waals surface area contributed by atoms with Gasteiger partial charge in [-0.05, 0) is 35.9 Å². The van der Waals surface area contributed by atoms with Crippen LogP contribution in [0.3, 0.4) is 0 Å². The van der Waals surface area contributed by atoms with Gasteiger partial charge in [-0.25, -0.2) is 4.98 Å². The highest BCUT2D eigenvalue weighted by Gasteiger charge is 2.19. The van der Waals surface area contributed by atoms with E-state index in [1.165, 1.54) is 42.7 Å². The topological polar surface area (TPSA) is 155 Å². The lowest BCUT2D eigenvalue weighted by Gasteiger charge is -2.16. The SMILES string of the molecule is [2H]/C(c1[nH]cnc1C(C)(C)C)=c1/[nH]c(=O)/c(=C/c2cccc(C(=O)c3ccc([N+](=O)[O-])cc3)c2)[nH]c1=O. The van der Waals surface area contributed by atoms with E-state index >= 15 is 0 Å².